The fourth-order valence-electron chi connectivity index (χ4n) is 1.45. The van der Waals surface area contributed by atoms with Crippen LogP contribution in [0, 0.1) is 0 Å². The molecule has 1 N–H and O–H groups in total. The lowest BCUT2D eigenvalue weighted by Crippen LogP contribution is -2.51. The third kappa shape index (κ3) is 4.24. The lowest BCUT2D eigenvalue weighted by atomic mass is 10.1. The zero-order valence-corrected chi connectivity index (χ0v) is 11.7. The molecule has 10 heteroatoms. The zero-order chi connectivity index (χ0) is 17.2. The van der Waals surface area contributed by atoms with Gasteiger partial charge in [-0.25, -0.2) is 0 Å². The van der Waals surface area contributed by atoms with Crippen LogP contribution in [0.2, 0.25) is 0 Å². The first-order valence-corrected chi connectivity index (χ1v) is 7.08. The second-order valence-electron chi connectivity index (χ2n) is 4.22. The van der Waals surface area contributed by atoms with Gasteiger partial charge in [0.2, 0.25) is 6.10 Å². The van der Waals surface area contributed by atoms with Gasteiger partial charge in [-0.2, -0.15) is 30.4 Å². The molecule has 0 heterocycles. The van der Waals surface area contributed by atoms with Crippen LogP contribution in [0.1, 0.15) is 11.1 Å². The molecule has 1 atom stereocenters. The van der Waals surface area contributed by atoms with Crippen molar-refractivity contribution < 1.29 is 39.7 Å². The first-order chi connectivity index (χ1) is 9.89. The van der Waals surface area contributed by atoms with Crippen LogP contribution in [-0.4, -0.2) is 30.5 Å². The standard InChI is InChI=1S/C12H11F5O4S/c1-2-8-3-5-9(6-4-8)7-21-10(11(13,14)15)12(16,17)22(18,19)20/h2-6,10H,1,7H2,(H,18,19,20). The van der Waals surface area contributed by atoms with Crippen LogP contribution in [-0.2, 0) is 21.5 Å². The van der Waals surface area contributed by atoms with Crippen molar-refractivity contribution in [3.8, 4) is 0 Å². The van der Waals surface area contributed by atoms with E-state index in [-0.39, 0.29) is 5.56 Å². The van der Waals surface area contributed by atoms with E-state index in [1.807, 2.05) is 0 Å². The molecule has 0 saturated heterocycles. The van der Waals surface area contributed by atoms with E-state index in [9.17, 15) is 30.4 Å². The lowest BCUT2D eigenvalue weighted by Gasteiger charge is -2.26. The predicted molar refractivity (Wildman–Crippen MR) is 67.7 cm³/mol. The maximum Gasteiger partial charge on any atom is 0.421 e. The Kier molecular flexibility index (Phi) is 5.31. The second kappa shape index (κ2) is 6.31. The molecule has 0 bridgehead atoms. The highest BCUT2D eigenvalue weighted by molar-refractivity contribution is 7.86. The van der Waals surface area contributed by atoms with Gasteiger partial charge in [0, 0.05) is 0 Å². The fraction of sp³-hybridized carbons (Fsp3) is 0.333. The van der Waals surface area contributed by atoms with E-state index in [1.165, 1.54) is 30.3 Å². The smallest absolute Gasteiger partial charge is 0.357 e. The molecular formula is C12H11F5O4S. The van der Waals surface area contributed by atoms with Crippen LogP contribution in [0.4, 0.5) is 22.0 Å². The molecule has 124 valence electrons. The average molecular weight is 346 g/mol. The summed E-state index contributed by atoms with van der Waals surface area (Å²) in [7, 11) is -6.29. The van der Waals surface area contributed by atoms with Crippen LogP contribution in [0.5, 0.6) is 0 Å². The Hall–Kier alpha value is -1.52. The van der Waals surface area contributed by atoms with Gasteiger partial charge < -0.3 is 4.74 Å². The van der Waals surface area contributed by atoms with Gasteiger partial charge in [-0.1, -0.05) is 36.9 Å². The maximum absolute atomic E-state index is 13.2. The van der Waals surface area contributed by atoms with E-state index in [0.717, 1.165) is 0 Å². The summed E-state index contributed by atoms with van der Waals surface area (Å²) in [6.07, 6.45) is -8.23. The number of benzene rings is 1. The van der Waals surface area contributed by atoms with Crippen molar-refractivity contribution in [2.75, 3.05) is 0 Å². The van der Waals surface area contributed by atoms with Crippen molar-refractivity contribution in [3.05, 3.63) is 42.0 Å². The quantitative estimate of drug-likeness (QED) is 0.634. The van der Waals surface area contributed by atoms with Crippen LogP contribution in [0.25, 0.3) is 6.08 Å². The Morgan fingerprint density at radius 2 is 1.68 bits per heavy atom. The van der Waals surface area contributed by atoms with Gasteiger partial charge >= 0.3 is 21.5 Å². The number of hydrogen-bond donors (Lipinski definition) is 1. The van der Waals surface area contributed by atoms with Crippen molar-refractivity contribution in [2.24, 2.45) is 0 Å². The Morgan fingerprint density at radius 1 is 1.18 bits per heavy atom. The van der Waals surface area contributed by atoms with Crippen LogP contribution >= 0.6 is 0 Å². The molecular weight excluding hydrogens is 335 g/mol. The predicted octanol–water partition coefficient (Wildman–Crippen LogP) is 3.26. The Morgan fingerprint density at radius 3 is 2.05 bits per heavy atom. The molecule has 0 saturated carbocycles. The molecule has 0 spiro atoms. The molecule has 1 aromatic carbocycles. The monoisotopic (exact) mass is 346 g/mol. The van der Waals surface area contributed by atoms with Gasteiger partial charge in [0.1, 0.15) is 0 Å². The Bertz CT molecular complexity index is 622. The van der Waals surface area contributed by atoms with E-state index in [2.05, 4.69) is 11.3 Å². The molecule has 0 aromatic heterocycles. The van der Waals surface area contributed by atoms with Crippen molar-refractivity contribution in [2.45, 2.75) is 24.1 Å². The molecule has 22 heavy (non-hydrogen) atoms. The van der Waals surface area contributed by atoms with Crippen LogP contribution < -0.4 is 0 Å². The summed E-state index contributed by atoms with van der Waals surface area (Å²) in [5.74, 6) is 0. The Balaban J connectivity index is 2.98. The Labute approximate surface area is 123 Å². The van der Waals surface area contributed by atoms with Gasteiger partial charge in [-0.15, -0.1) is 0 Å². The van der Waals surface area contributed by atoms with Gasteiger partial charge in [-0.05, 0) is 11.1 Å². The number of ether oxygens (including phenoxy) is 1. The van der Waals surface area contributed by atoms with Gasteiger partial charge in [0.05, 0.1) is 6.61 Å². The van der Waals surface area contributed by atoms with E-state index in [0.29, 0.717) is 5.56 Å². The highest BCUT2D eigenvalue weighted by atomic mass is 32.2. The van der Waals surface area contributed by atoms with Crippen molar-refractivity contribution in [3.63, 3.8) is 0 Å². The third-order valence-corrected chi connectivity index (χ3v) is 3.48. The summed E-state index contributed by atoms with van der Waals surface area (Å²) < 4.78 is 97.3. The molecule has 1 unspecified atom stereocenters. The largest absolute Gasteiger partial charge is 0.421 e. The van der Waals surface area contributed by atoms with Crippen LogP contribution in [0.15, 0.2) is 30.8 Å². The first-order valence-electron chi connectivity index (χ1n) is 5.64. The average Bonchev–Trinajstić information content (AvgIpc) is 2.36. The summed E-state index contributed by atoms with van der Waals surface area (Å²) in [5, 5.41) is -5.52. The highest BCUT2D eigenvalue weighted by Gasteiger charge is 2.64. The number of halogens is 5. The summed E-state index contributed by atoms with van der Waals surface area (Å²) in [5.41, 5.74) is 0.741. The topological polar surface area (TPSA) is 63.6 Å². The molecule has 0 aliphatic carbocycles. The van der Waals surface area contributed by atoms with Crippen molar-refractivity contribution in [1.82, 2.24) is 0 Å². The molecule has 0 radical (unpaired) electrons. The van der Waals surface area contributed by atoms with Gasteiger partial charge in [-0.3, -0.25) is 4.55 Å². The molecule has 1 aromatic rings. The summed E-state index contributed by atoms with van der Waals surface area (Å²) >= 11 is 0. The highest BCUT2D eigenvalue weighted by Crippen LogP contribution is 2.38. The molecule has 1 rings (SSSR count). The normalized spacial score (nSPS) is 14.6. The number of hydrogen-bond acceptors (Lipinski definition) is 3. The first kappa shape index (κ1) is 18.5. The second-order valence-corrected chi connectivity index (χ2v) is 5.71. The fourth-order valence-corrected chi connectivity index (χ4v) is 1.92. The molecule has 0 aliphatic heterocycles. The third-order valence-electron chi connectivity index (χ3n) is 2.58. The minimum absolute atomic E-state index is 0.103. The van der Waals surface area contributed by atoms with E-state index in [4.69, 9.17) is 4.55 Å². The SMILES string of the molecule is C=Cc1ccc(COC(C(F)(F)F)C(F)(F)S(=O)(=O)O)cc1. The summed E-state index contributed by atoms with van der Waals surface area (Å²) in [6.45, 7) is 2.53. The van der Waals surface area contributed by atoms with Crippen molar-refractivity contribution in [1.29, 1.82) is 0 Å². The summed E-state index contributed by atoms with van der Waals surface area (Å²) in [4.78, 5) is 0. The van der Waals surface area contributed by atoms with Crippen LogP contribution in [0.3, 0.4) is 0 Å². The van der Waals surface area contributed by atoms with E-state index >= 15 is 0 Å². The minimum atomic E-state index is -6.29. The zero-order valence-electron chi connectivity index (χ0n) is 10.8. The minimum Gasteiger partial charge on any atom is -0.357 e. The van der Waals surface area contributed by atoms with E-state index < -0.39 is 34.3 Å². The molecule has 0 aliphatic rings. The number of alkyl halides is 5. The van der Waals surface area contributed by atoms with Crippen molar-refractivity contribution >= 4 is 16.2 Å². The van der Waals surface area contributed by atoms with Gasteiger partial charge in [0.25, 0.3) is 0 Å². The van der Waals surface area contributed by atoms with E-state index in [1.54, 1.807) is 0 Å². The molecule has 4 nitrogen and oxygen atoms in total. The molecule has 0 amide bonds. The summed E-state index contributed by atoms with van der Waals surface area (Å²) in [6, 6.07) is 5.51. The number of rotatable bonds is 6. The lowest BCUT2D eigenvalue weighted by molar-refractivity contribution is -0.267. The molecule has 0 fully saturated rings. The van der Waals surface area contributed by atoms with Gasteiger partial charge in [0.15, 0.2) is 0 Å². The maximum atomic E-state index is 13.2.